The van der Waals surface area contributed by atoms with E-state index in [0.29, 0.717) is 28.3 Å². The molecule has 26 heavy (non-hydrogen) atoms. The molecule has 1 N–H and O–H groups in total. The number of methoxy groups -OCH3 is 1. The lowest BCUT2D eigenvalue weighted by molar-refractivity contribution is 0.0601. The molecule has 0 saturated carbocycles. The topological polar surface area (TPSA) is 72.6 Å². The first kappa shape index (κ1) is 18.0. The maximum atomic E-state index is 11.7. The van der Waals surface area contributed by atoms with Gasteiger partial charge in [-0.15, -0.1) is 0 Å². The number of aromatic hydroxyl groups is 1. The summed E-state index contributed by atoms with van der Waals surface area (Å²) in [6, 6.07) is 10.8. The molecule has 0 amide bonds. The summed E-state index contributed by atoms with van der Waals surface area (Å²) in [7, 11) is 1.36. The van der Waals surface area contributed by atoms with Gasteiger partial charge in [-0.2, -0.15) is 0 Å². The monoisotopic (exact) mass is 353 g/mol. The number of carbonyl (C=O) groups is 1. The Morgan fingerprint density at radius 3 is 2.77 bits per heavy atom. The summed E-state index contributed by atoms with van der Waals surface area (Å²) in [5.41, 5.74) is 3.87. The quantitative estimate of drug-likeness (QED) is 0.647. The fraction of sp³-hybridized carbons (Fsp3) is 0.333. The lowest BCUT2D eigenvalue weighted by atomic mass is 9.96. The van der Waals surface area contributed by atoms with Crippen LogP contribution >= 0.6 is 0 Å². The second-order valence-electron chi connectivity index (χ2n) is 6.49. The molecule has 1 unspecified atom stereocenters. The minimum Gasteiger partial charge on any atom is -0.508 e. The van der Waals surface area contributed by atoms with Crippen LogP contribution < -0.4 is 0 Å². The number of fused-ring (bicyclic) bond motifs is 1. The van der Waals surface area contributed by atoms with E-state index in [0.717, 1.165) is 24.8 Å². The van der Waals surface area contributed by atoms with Crippen molar-refractivity contribution in [2.45, 2.75) is 39.0 Å². The molecular weight excluding hydrogens is 330 g/mol. The Kier molecular flexibility index (Phi) is 5.26. The van der Waals surface area contributed by atoms with E-state index < -0.39 is 0 Å². The van der Waals surface area contributed by atoms with E-state index in [4.69, 9.17) is 9.15 Å². The van der Waals surface area contributed by atoms with Crippen molar-refractivity contribution in [2.75, 3.05) is 7.11 Å². The molecular formula is C21H23NO4. The third-order valence-corrected chi connectivity index (χ3v) is 4.71. The molecule has 1 atom stereocenters. The van der Waals surface area contributed by atoms with Crippen molar-refractivity contribution in [2.24, 2.45) is 0 Å². The molecule has 5 nitrogen and oxygen atoms in total. The molecule has 0 aliphatic carbocycles. The van der Waals surface area contributed by atoms with E-state index in [1.165, 1.54) is 12.7 Å². The van der Waals surface area contributed by atoms with Crippen LogP contribution in [0.1, 0.15) is 53.1 Å². The zero-order valence-corrected chi connectivity index (χ0v) is 15.3. The summed E-state index contributed by atoms with van der Waals surface area (Å²) < 4.78 is 10.7. The van der Waals surface area contributed by atoms with Crippen LogP contribution in [0.5, 0.6) is 5.75 Å². The van der Waals surface area contributed by atoms with Crippen molar-refractivity contribution in [3.63, 3.8) is 0 Å². The number of aryl methyl sites for hydroxylation is 2. The first-order valence-electron chi connectivity index (χ1n) is 8.79. The number of benzene rings is 2. The van der Waals surface area contributed by atoms with E-state index >= 15 is 0 Å². The molecule has 3 aromatic rings. The van der Waals surface area contributed by atoms with Gasteiger partial charge >= 0.3 is 5.97 Å². The van der Waals surface area contributed by atoms with Crippen LogP contribution in [0.4, 0.5) is 0 Å². The Morgan fingerprint density at radius 2 is 2.08 bits per heavy atom. The van der Waals surface area contributed by atoms with E-state index in [2.05, 4.69) is 11.9 Å². The molecule has 0 bridgehead atoms. The van der Waals surface area contributed by atoms with Crippen LogP contribution in [0.2, 0.25) is 0 Å². The number of esters is 1. The second kappa shape index (κ2) is 7.60. The van der Waals surface area contributed by atoms with Crippen molar-refractivity contribution in [3.8, 4) is 5.75 Å². The normalized spacial score (nSPS) is 12.3. The number of nitrogens with zero attached hydrogens (tertiary/aromatic N) is 1. The van der Waals surface area contributed by atoms with Crippen LogP contribution in [-0.4, -0.2) is 23.2 Å². The number of oxazole rings is 1. The summed E-state index contributed by atoms with van der Waals surface area (Å²) in [6.07, 6.45) is 2.69. The smallest absolute Gasteiger partial charge is 0.337 e. The van der Waals surface area contributed by atoms with Gasteiger partial charge in [-0.3, -0.25) is 0 Å². The molecule has 2 aromatic carbocycles. The first-order valence-corrected chi connectivity index (χ1v) is 8.79. The molecule has 1 heterocycles. The minimum atomic E-state index is -0.383. The number of hydrogen-bond donors (Lipinski definition) is 1. The average Bonchev–Trinajstić information content (AvgIpc) is 3.07. The molecule has 1 aromatic heterocycles. The summed E-state index contributed by atoms with van der Waals surface area (Å²) in [6.45, 7) is 4.01. The summed E-state index contributed by atoms with van der Waals surface area (Å²) >= 11 is 0. The standard InChI is InChI=1S/C21H23NO4/c1-4-15(7-5-14-6-9-18(23)13(2)11-14)20-22-17-12-16(21(24)25-3)8-10-19(17)26-20/h6,8-12,15,23H,4-5,7H2,1-3H3. The Labute approximate surface area is 152 Å². The summed E-state index contributed by atoms with van der Waals surface area (Å²) in [5, 5.41) is 9.65. The second-order valence-corrected chi connectivity index (χ2v) is 6.49. The highest BCUT2D eigenvalue weighted by Gasteiger charge is 2.18. The summed E-state index contributed by atoms with van der Waals surface area (Å²) in [4.78, 5) is 16.3. The number of ether oxygens (including phenoxy) is 1. The van der Waals surface area contributed by atoms with Crippen LogP contribution in [0.3, 0.4) is 0 Å². The van der Waals surface area contributed by atoms with Gasteiger partial charge < -0.3 is 14.3 Å². The van der Waals surface area contributed by atoms with Crippen LogP contribution in [-0.2, 0) is 11.2 Å². The molecule has 3 rings (SSSR count). The fourth-order valence-corrected chi connectivity index (χ4v) is 3.08. The van der Waals surface area contributed by atoms with Crippen molar-refractivity contribution < 1.29 is 19.1 Å². The summed E-state index contributed by atoms with van der Waals surface area (Å²) in [5.74, 6) is 0.824. The van der Waals surface area contributed by atoms with E-state index in [-0.39, 0.29) is 11.9 Å². The third-order valence-electron chi connectivity index (χ3n) is 4.71. The predicted molar refractivity (Wildman–Crippen MR) is 99.5 cm³/mol. The van der Waals surface area contributed by atoms with Gasteiger partial charge in [0, 0.05) is 5.92 Å². The molecule has 5 heteroatoms. The number of aromatic nitrogens is 1. The molecule has 136 valence electrons. The third kappa shape index (κ3) is 3.72. The largest absolute Gasteiger partial charge is 0.508 e. The van der Waals surface area contributed by atoms with Gasteiger partial charge in [-0.25, -0.2) is 9.78 Å². The van der Waals surface area contributed by atoms with Crippen molar-refractivity contribution in [1.29, 1.82) is 0 Å². The molecule has 0 spiro atoms. The lowest BCUT2D eigenvalue weighted by Gasteiger charge is -2.11. The number of phenols is 1. The molecule has 0 radical (unpaired) electrons. The molecule has 0 fully saturated rings. The van der Waals surface area contributed by atoms with Crippen molar-refractivity contribution in [1.82, 2.24) is 4.98 Å². The lowest BCUT2D eigenvalue weighted by Crippen LogP contribution is -2.01. The highest BCUT2D eigenvalue weighted by atomic mass is 16.5. The number of carbonyl (C=O) groups excluding carboxylic acids is 1. The zero-order valence-electron chi connectivity index (χ0n) is 15.3. The molecule has 0 saturated heterocycles. The predicted octanol–water partition coefficient (Wildman–Crippen LogP) is 4.75. The SMILES string of the molecule is CCC(CCc1ccc(O)c(C)c1)c1nc2cc(C(=O)OC)ccc2o1. The molecule has 0 aliphatic rings. The van der Waals surface area contributed by atoms with Crippen LogP contribution in [0.25, 0.3) is 11.1 Å². The number of rotatable bonds is 6. The van der Waals surface area contributed by atoms with Crippen molar-refractivity contribution >= 4 is 17.1 Å². The minimum absolute atomic E-state index is 0.193. The number of phenolic OH excluding ortho intramolecular Hbond substituents is 1. The average molecular weight is 353 g/mol. The van der Waals surface area contributed by atoms with Gasteiger partial charge in [-0.1, -0.05) is 19.1 Å². The highest BCUT2D eigenvalue weighted by Crippen LogP contribution is 2.29. The van der Waals surface area contributed by atoms with Gasteiger partial charge in [0.05, 0.1) is 12.7 Å². The Bertz CT molecular complexity index is 929. The van der Waals surface area contributed by atoms with Gasteiger partial charge in [0.25, 0.3) is 0 Å². The van der Waals surface area contributed by atoms with Gasteiger partial charge in [0.1, 0.15) is 11.3 Å². The Morgan fingerprint density at radius 1 is 1.27 bits per heavy atom. The number of hydrogen-bond acceptors (Lipinski definition) is 5. The fourth-order valence-electron chi connectivity index (χ4n) is 3.08. The maximum Gasteiger partial charge on any atom is 0.337 e. The van der Waals surface area contributed by atoms with Gasteiger partial charge in [0.2, 0.25) is 0 Å². The molecule has 0 aliphatic heterocycles. The van der Waals surface area contributed by atoms with Gasteiger partial charge in [0.15, 0.2) is 11.5 Å². The Hall–Kier alpha value is -2.82. The zero-order chi connectivity index (χ0) is 18.7. The van der Waals surface area contributed by atoms with Crippen molar-refractivity contribution in [3.05, 3.63) is 59.0 Å². The van der Waals surface area contributed by atoms with Gasteiger partial charge in [-0.05, 0) is 61.6 Å². The first-order chi connectivity index (χ1) is 12.5. The van der Waals surface area contributed by atoms with E-state index in [1.54, 1.807) is 24.3 Å². The highest BCUT2D eigenvalue weighted by molar-refractivity contribution is 5.93. The maximum absolute atomic E-state index is 11.7. The van der Waals surface area contributed by atoms with Crippen LogP contribution in [0.15, 0.2) is 40.8 Å². The van der Waals surface area contributed by atoms with Crippen LogP contribution in [0, 0.1) is 6.92 Å². The van der Waals surface area contributed by atoms with E-state index in [9.17, 15) is 9.90 Å². The van der Waals surface area contributed by atoms with E-state index in [1.807, 2.05) is 19.1 Å². The Balaban J connectivity index is 1.78.